The zero-order valence-corrected chi connectivity index (χ0v) is 9.49. The molecule has 0 atom stereocenters. The predicted octanol–water partition coefficient (Wildman–Crippen LogP) is -1.35. The lowest BCUT2D eigenvalue weighted by atomic mass is 10.4. The van der Waals surface area contributed by atoms with E-state index in [4.69, 9.17) is 11.5 Å². The van der Waals surface area contributed by atoms with Crippen molar-refractivity contribution >= 4 is 17.3 Å². The van der Waals surface area contributed by atoms with E-state index in [1.54, 1.807) is 12.1 Å². The van der Waals surface area contributed by atoms with Gasteiger partial charge in [0.15, 0.2) is 11.6 Å². The molecule has 7 N–H and O–H groups in total. The standard InChI is InChI=1S/C8H18N8/c1-3-15-16(5-14-11-2)8-6(9)7(10)12-4-13-8/h4,11,14-15H,3,5,9H2,1-2H3,(H2,10,12,13). The maximum absolute atomic E-state index is 5.81. The van der Waals surface area contributed by atoms with Crippen LogP contribution in [0.25, 0.3) is 0 Å². The Labute approximate surface area is 94.4 Å². The van der Waals surface area contributed by atoms with E-state index in [1.807, 2.05) is 6.92 Å². The summed E-state index contributed by atoms with van der Waals surface area (Å²) < 4.78 is 0. The van der Waals surface area contributed by atoms with Gasteiger partial charge in [0.25, 0.3) is 0 Å². The summed E-state index contributed by atoms with van der Waals surface area (Å²) in [7, 11) is 1.78. The number of rotatable bonds is 6. The number of aromatic nitrogens is 2. The van der Waals surface area contributed by atoms with E-state index in [0.717, 1.165) is 6.54 Å². The van der Waals surface area contributed by atoms with Crippen LogP contribution in [0.4, 0.5) is 17.3 Å². The summed E-state index contributed by atoms with van der Waals surface area (Å²) in [5.41, 5.74) is 20.6. The molecule has 0 aromatic carbocycles. The van der Waals surface area contributed by atoms with Gasteiger partial charge in [-0.2, -0.15) is 0 Å². The van der Waals surface area contributed by atoms with Crippen LogP contribution in [0.1, 0.15) is 6.92 Å². The van der Waals surface area contributed by atoms with Crippen molar-refractivity contribution < 1.29 is 0 Å². The van der Waals surface area contributed by atoms with Crippen LogP contribution in [0.2, 0.25) is 0 Å². The zero-order valence-electron chi connectivity index (χ0n) is 9.49. The van der Waals surface area contributed by atoms with Crippen molar-refractivity contribution in [3.63, 3.8) is 0 Å². The Morgan fingerprint density at radius 3 is 2.75 bits per heavy atom. The Hall–Kier alpha value is -1.64. The fraction of sp³-hybridized carbons (Fsp3) is 0.500. The molecule has 0 aliphatic heterocycles. The summed E-state index contributed by atoms with van der Waals surface area (Å²) in [6.45, 7) is 3.22. The highest BCUT2D eigenvalue weighted by Gasteiger charge is 2.12. The molecule has 8 nitrogen and oxygen atoms in total. The quantitative estimate of drug-likeness (QED) is 0.299. The van der Waals surface area contributed by atoms with Gasteiger partial charge in [0, 0.05) is 6.54 Å². The third-order valence-corrected chi connectivity index (χ3v) is 1.91. The van der Waals surface area contributed by atoms with E-state index in [-0.39, 0.29) is 5.82 Å². The van der Waals surface area contributed by atoms with Gasteiger partial charge in [0.2, 0.25) is 0 Å². The lowest BCUT2D eigenvalue weighted by molar-refractivity contribution is 0.526. The third-order valence-electron chi connectivity index (χ3n) is 1.91. The number of hydrogen-bond acceptors (Lipinski definition) is 8. The maximum atomic E-state index is 5.81. The molecule has 16 heavy (non-hydrogen) atoms. The fourth-order valence-corrected chi connectivity index (χ4v) is 1.17. The summed E-state index contributed by atoms with van der Waals surface area (Å²) in [5.74, 6) is 0.828. The largest absolute Gasteiger partial charge is 0.393 e. The van der Waals surface area contributed by atoms with Crippen LogP contribution < -0.4 is 32.8 Å². The molecule has 0 amide bonds. The summed E-state index contributed by atoms with van der Waals surface area (Å²) in [5, 5.41) is 1.75. The van der Waals surface area contributed by atoms with Crippen molar-refractivity contribution in [3.05, 3.63) is 6.33 Å². The Morgan fingerprint density at radius 1 is 1.38 bits per heavy atom. The van der Waals surface area contributed by atoms with Gasteiger partial charge in [-0.3, -0.25) is 10.4 Å². The van der Waals surface area contributed by atoms with Crippen LogP contribution in [0.15, 0.2) is 6.33 Å². The van der Waals surface area contributed by atoms with Crippen LogP contribution in [0.3, 0.4) is 0 Å². The van der Waals surface area contributed by atoms with Crippen LogP contribution in [-0.4, -0.2) is 30.2 Å². The molecule has 90 valence electrons. The average molecular weight is 226 g/mol. The minimum atomic E-state index is 0.275. The first kappa shape index (κ1) is 12.4. The monoisotopic (exact) mass is 226 g/mol. The molecule has 8 heteroatoms. The van der Waals surface area contributed by atoms with Crippen molar-refractivity contribution in [3.8, 4) is 0 Å². The van der Waals surface area contributed by atoms with Crippen LogP contribution in [-0.2, 0) is 0 Å². The molecule has 0 aliphatic carbocycles. The highest BCUT2D eigenvalue weighted by molar-refractivity contribution is 5.72. The van der Waals surface area contributed by atoms with Crippen LogP contribution in [0.5, 0.6) is 0 Å². The number of nitrogens with one attached hydrogen (secondary N) is 3. The molecule has 1 heterocycles. The molecule has 0 fully saturated rings. The molecule has 0 saturated heterocycles. The van der Waals surface area contributed by atoms with Crippen LogP contribution in [0, 0.1) is 0 Å². The summed E-state index contributed by atoms with van der Waals surface area (Å²) in [4.78, 5) is 7.90. The minimum absolute atomic E-state index is 0.275. The summed E-state index contributed by atoms with van der Waals surface area (Å²) in [6.07, 6.45) is 1.38. The van der Waals surface area contributed by atoms with E-state index < -0.39 is 0 Å². The molecule has 1 rings (SSSR count). The van der Waals surface area contributed by atoms with Gasteiger partial charge >= 0.3 is 0 Å². The van der Waals surface area contributed by atoms with Crippen molar-refractivity contribution in [2.75, 3.05) is 36.7 Å². The first-order chi connectivity index (χ1) is 7.70. The van der Waals surface area contributed by atoms with Gasteiger partial charge in [0.05, 0.1) is 6.67 Å². The Bertz CT molecular complexity index is 328. The number of nitrogens with two attached hydrogens (primary N) is 2. The SMILES string of the molecule is CCNN(CNNC)c1ncnc(N)c1N. The third kappa shape index (κ3) is 2.92. The second-order valence-electron chi connectivity index (χ2n) is 3.02. The van der Waals surface area contributed by atoms with Gasteiger partial charge < -0.3 is 11.5 Å². The molecule has 0 aliphatic rings. The molecule has 0 spiro atoms. The molecule has 0 bridgehead atoms. The lowest BCUT2D eigenvalue weighted by Gasteiger charge is -2.25. The Balaban J connectivity index is 2.86. The van der Waals surface area contributed by atoms with E-state index >= 15 is 0 Å². The highest BCUT2D eigenvalue weighted by atomic mass is 15.6. The second-order valence-corrected chi connectivity index (χ2v) is 3.02. The lowest BCUT2D eigenvalue weighted by Crippen LogP contribution is -2.48. The molecule has 0 unspecified atom stereocenters. The molecular formula is C8H18N8. The number of nitrogens with zero attached hydrogens (tertiary/aromatic N) is 3. The minimum Gasteiger partial charge on any atom is -0.393 e. The van der Waals surface area contributed by atoms with Crippen molar-refractivity contribution in [1.29, 1.82) is 0 Å². The molecule has 0 saturated carbocycles. The van der Waals surface area contributed by atoms with Crippen molar-refractivity contribution in [2.45, 2.75) is 6.92 Å². The van der Waals surface area contributed by atoms with Crippen LogP contribution >= 0.6 is 0 Å². The van der Waals surface area contributed by atoms with E-state index in [1.165, 1.54) is 6.33 Å². The first-order valence-corrected chi connectivity index (χ1v) is 4.97. The van der Waals surface area contributed by atoms with Gasteiger partial charge in [0.1, 0.15) is 12.0 Å². The average Bonchev–Trinajstić information content (AvgIpc) is 2.28. The Morgan fingerprint density at radius 2 is 2.12 bits per heavy atom. The molecule has 1 aromatic heterocycles. The molecule has 0 radical (unpaired) electrons. The van der Waals surface area contributed by atoms with Gasteiger partial charge in [-0.1, -0.05) is 6.92 Å². The molecule has 1 aromatic rings. The van der Waals surface area contributed by atoms with Gasteiger partial charge in [-0.05, 0) is 7.05 Å². The van der Waals surface area contributed by atoms with E-state index in [9.17, 15) is 0 Å². The number of hydrazine groups is 2. The highest BCUT2D eigenvalue weighted by Crippen LogP contribution is 2.21. The number of hydrogen-bond donors (Lipinski definition) is 5. The van der Waals surface area contributed by atoms with Gasteiger partial charge in [-0.15, -0.1) is 0 Å². The topological polar surface area (TPSA) is 117 Å². The summed E-state index contributed by atoms with van der Waals surface area (Å²) >= 11 is 0. The van der Waals surface area contributed by atoms with Crippen molar-refractivity contribution in [2.24, 2.45) is 0 Å². The van der Waals surface area contributed by atoms with Crippen molar-refractivity contribution in [1.82, 2.24) is 26.2 Å². The first-order valence-electron chi connectivity index (χ1n) is 4.97. The predicted molar refractivity (Wildman–Crippen MR) is 64.1 cm³/mol. The maximum Gasteiger partial charge on any atom is 0.172 e. The van der Waals surface area contributed by atoms with E-state index in [0.29, 0.717) is 18.2 Å². The fourth-order valence-electron chi connectivity index (χ4n) is 1.17. The smallest absolute Gasteiger partial charge is 0.172 e. The number of anilines is 3. The second kappa shape index (κ2) is 6.05. The zero-order chi connectivity index (χ0) is 12.0. The van der Waals surface area contributed by atoms with Gasteiger partial charge in [-0.25, -0.2) is 20.8 Å². The summed E-state index contributed by atoms with van der Waals surface area (Å²) in [6, 6.07) is 0. The number of nitrogen functional groups attached to an aromatic ring is 2. The Kier molecular flexibility index (Phi) is 4.70. The molecular weight excluding hydrogens is 208 g/mol. The van der Waals surface area contributed by atoms with E-state index in [2.05, 4.69) is 26.2 Å². The normalized spacial score (nSPS) is 10.4.